The van der Waals surface area contributed by atoms with E-state index in [4.69, 9.17) is 9.47 Å². The number of aliphatic hydroxyl groups is 1. The molecule has 0 aromatic heterocycles. The second-order valence-electron chi connectivity index (χ2n) is 7.64. The van der Waals surface area contributed by atoms with Crippen molar-refractivity contribution in [3.05, 3.63) is 65.7 Å². The van der Waals surface area contributed by atoms with E-state index in [9.17, 15) is 5.11 Å². The summed E-state index contributed by atoms with van der Waals surface area (Å²) in [5, 5.41) is 10.2. The predicted octanol–water partition coefficient (Wildman–Crippen LogP) is 3.63. The molecule has 2 aliphatic heterocycles. The number of nitrogens with zero attached hydrogens (tertiary/aromatic N) is 1. The largest absolute Gasteiger partial charge is 0.485 e. The number of benzene rings is 2. The summed E-state index contributed by atoms with van der Waals surface area (Å²) in [6.45, 7) is 1.91. The van der Waals surface area contributed by atoms with Crippen LogP contribution < -0.4 is 9.47 Å². The van der Waals surface area contributed by atoms with Crippen molar-refractivity contribution in [2.24, 2.45) is 0 Å². The second kappa shape index (κ2) is 5.86. The number of hydrogen-bond acceptors (Lipinski definition) is 4. The standard InChI is InChI=1S/C22H23NO3/c1-23-12-11-22-10-9-16(24)13-19(22)26-21-18(8-7-15(14-23)20(21)22)25-17-5-3-2-4-6-17/h2-10,16,19,24H,11-14H2,1H3. The Bertz CT molecular complexity index is 863. The lowest BCUT2D eigenvalue weighted by atomic mass is 9.69. The van der Waals surface area contributed by atoms with Gasteiger partial charge in [0, 0.05) is 18.5 Å². The minimum absolute atomic E-state index is 0.0386. The number of ether oxygens (including phenoxy) is 2. The molecule has 0 amide bonds. The van der Waals surface area contributed by atoms with Gasteiger partial charge in [0.05, 0.1) is 11.5 Å². The van der Waals surface area contributed by atoms with E-state index in [2.05, 4.69) is 24.1 Å². The van der Waals surface area contributed by atoms with Crippen LogP contribution in [0.5, 0.6) is 17.2 Å². The van der Waals surface area contributed by atoms with Crippen LogP contribution >= 0.6 is 0 Å². The lowest BCUT2D eigenvalue weighted by Crippen LogP contribution is -2.42. The Kier molecular flexibility index (Phi) is 3.59. The first-order valence-electron chi connectivity index (χ1n) is 9.27. The van der Waals surface area contributed by atoms with E-state index < -0.39 is 6.10 Å². The number of hydrogen-bond donors (Lipinski definition) is 1. The van der Waals surface area contributed by atoms with Crippen LogP contribution in [0.2, 0.25) is 0 Å². The highest BCUT2D eigenvalue weighted by molar-refractivity contribution is 5.61. The molecule has 2 aromatic rings. The van der Waals surface area contributed by atoms with Gasteiger partial charge in [-0.2, -0.15) is 0 Å². The molecule has 1 aliphatic carbocycles. The molecule has 1 N–H and O–H groups in total. The van der Waals surface area contributed by atoms with Gasteiger partial charge in [-0.25, -0.2) is 0 Å². The minimum Gasteiger partial charge on any atom is -0.485 e. The van der Waals surface area contributed by atoms with Crippen LogP contribution in [0, 0.1) is 0 Å². The van der Waals surface area contributed by atoms with Gasteiger partial charge in [-0.15, -0.1) is 0 Å². The smallest absolute Gasteiger partial charge is 0.169 e. The van der Waals surface area contributed by atoms with Crippen molar-refractivity contribution >= 4 is 0 Å². The van der Waals surface area contributed by atoms with E-state index in [-0.39, 0.29) is 11.5 Å². The quantitative estimate of drug-likeness (QED) is 0.841. The topological polar surface area (TPSA) is 41.9 Å². The maximum Gasteiger partial charge on any atom is 0.169 e. The first kappa shape index (κ1) is 15.9. The van der Waals surface area contributed by atoms with Gasteiger partial charge in [0.1, 0.15) is 11.9 Å². The van der Waals surface area contributed by atoms with Crippen LogP contribution in [0.25, 0.3) is 0 Å². The molecule has 26 heavy (non-hydrogen) atoms. The van der Waals surface area contributed by atoms with Gasteiger partial charge in [0.25, 0.3) is 0 Å². The lowest BCUT2D eigenvalue weighted by molar-refractivity contribution is 0.0824. The van der Waals surface area contributed by atoms with E-state index in [1.165, 1.54) is 11.1 Å². The zero-order valence-electron chi connectivity index (χ0n) is 14.9. The zero-order valence-corrected chi connectivity index (χ0v) is 14.9. The molecule has 3 aliphatic rings. The van der Waals surface area contributed by atoms with E-state index in [1.807, 2.05) is 42.5 Å². The van der Waals surface area contributed by atoms with Crippen molar-refractivity contribution in [2.75, 3.05) is 13.6 Å². The highest BCUT2D eigenvalue weighted by atomic mass is 16.5. The number of para-hydroxylation sites is 1. The molecule has 0 fully saturated rings. The molecule has 3 unspecified atom stereocenters. The van der Waals surface area contributed by atoms with Crippen molar-refractivity contribution in [3.8, 4) is 17.2 Å². The average molecular weight is 349 g/mol. The first-order chi connectivity index (χ1) is 12.7. The summed E-state index contributed by atoms with van der Waals surface area (Å²) in [7, 11) is 2.16. The first-order valence-corrected chi connectivity index (χ1v) is 9.27. The van der Waals surface area contributed by atoms with Crippen LogP contribution in [0.3, 0.4) is 0 Å². The number of aliphatic hydroxyl groups excluding tert-OH is 1. The molecule has 4 nitrogen and oxygen atoms in total. The normalized spacial score (nSPS) is 29.5. The Labute approximate surface area is 153 Å². The summed E-state index contributed by atoms with van der Waals surface area (Å²) in [4.78, 5) is 2.36. The van der Waals surface area contributed by atoms with E-state index >= 15 is 0 Å². The third kappa shape index (κ3) is 2.37. The van der Waals surface area contributed by atoms with Crippen LogP contribution in [0.4, 0.5) is 0 Å². The summed E-state index contributed by atoms with van der Waals surface area (Å²) in [5.74, 6) is 2.42. The molecular formula is C22H23NO3. The molecule has 2 heterocycles. The van der Waals surface area contributed by atoms with Gasteiger partial charge in [0.2, 0.25) is 0 Å². The van der Waals surface area contributed by atoms with Crippen LogP contribution in [0.15, 0.2) is 54.6 Å². The molecule has 0 bridgehead atoms. The fraction of sp³-hybridized carbons (Fsp3) is 0.364. The maximum atomic E-state index is 10.2. The Morgan fingerprint density at radius 3 is 2.88 bits per heavy atom. The van der Waals surface area contributed by atoms with Gasteiger partial charge in [-0.1, -0.05) is 36.4 Å². The average Bonchev–Trinajstić information content (AvgIpc) is 2.90. The van der Waals surface area contributed by atoms with E-state index in [0.29, 0.717) is 6.42 Å². The molecule has 5 rings (SSSR count). The van der Waals surface area contributed by atoms with Crippen LogP contribution in [-0.2, 0) is 12.0 Å². The van der Waals surface area contributed by atoms with Gasteiger partial charge in [0.15, 0.2) is 11.5 Å². The summed E-state index contributed by atoms with van der Waals surface area (Å²) in [5.41, 5.74) is 2.39. The Hall–Kier alpha value is -2.30. The van der Waals surface area contributed by atoms with Crippen molar-refractivity contribution in [1.29, 1.82) is 0 Å². The van der Waals surface area contributed by atoms with Crippen molar-refractivity contribution in [1.82, 2.24) is 4.90 Å². The molecule has 3 atom stereocenters. The SMILES string of the molecule is CN1CCC23C=CC(O)CC2Oc2c(Oc4ccccc4)ccc(c23)C1. The maximum absolute atomic E-state index is 10.2. The Morgan fingerprint density at radius 2 is 2.04 bits per heavy atom. The van der Waals surface area contributed by atoms with Crippen LogP contribution in [0.1, 0.15) is 24.0 Å². The molecule has 1 spiro atoms. The van der Waals surface area contributed by atoms with Gasteiger partial charge in [-0.3, -0.25) is 0 Å². The number of rotatable bonds is 2. The monoisotopic (exact) mass is 349 g/mol. The summed E-state index contributed by atoms with van der Waals surface area (Å²) < 4.78 is 12.6. The van der Waals surface area contributed by atoms with Crippen LogP contribution in [-0.4, -0.2) is 35.8 Å². The Balaban J connectivity index is 1.65. The second-order valence-corrected chi connectivity index (χ2v) is 7.64. The molecule has 0 saturated carbocycles. The highest BCUT2D eigenvalue weighted by Crippen LogP contribution is 2.56. The molecule has 4 heteroatoms. The molecule has 2 aromatic carbocycles. The third-order valence-corrected chi connectivity index (χ3v) is 5.90. The van der Waals surface area contributed by atoms with E-state index in [0.717, 1.165) is 36.8 Å². The van der Waals surface area contributed by atoms with Crippen molar-refractivity contribution < 1.29 is 14.6 Å². The van der Waals surface area contributed by atoms with Gasteiger partial charge >= 0.3 is 0 Å². The summed E-state index contributed by atoms with van der Waals surface area (Å²) in [6.07, 6.45) is 5.26. The van der Waals surface area contributed by atoms with Gasteiger partial charge < -0.3 is 19.5 Å². The zero-order chi connectivity index (χ0) is 17.7. The lowest BCUT2D eigenvalue weighted by Gasteiger charge is -2.35. The summed E-state index contributed by atoms with van der Waals surface area (Å²) in [6, 6.07) is 14.0. The molecular weight excluding hydrogens is 326 g/mol. The summed E-state index contributed by atoms with van der Waals surface area (Å²) >= 11 is 0. The fourth-order valence-corrected chi connectivity index (χ4v) is 4.61. The van der Waals surface area contributed by atoms with Crippen molar-refractivity contribution in [2.45, 2.75) is 37.0 Å². The van der Waals surface area contributed by atoms with E-state index in [1.54, 1.807) is 0 Å². The fourth-order valence-electron chi connectivity index (χ4n) is 4.61. The Morgan fingerprint density at radius 1 is 1.19 bits per heavy atom. The molecule has 134 valence electrons. The van der Waals surface area contributed by atoms with Crippen molar-refractivity contribution in [3.63, 3.8) is 0 Å². The molecule has 0 saturated heterocycles. The minimum atomic E-state index is -0.442. The third-order valence-electron chi connectivity index (χ3n) is 5.90. The predicted molar refractivity (Wildman–Crippen MR) is 99.8 cm³/mol. The van der Waals surface area contributed by atoms with Gasteiger partial charge in [-0.05, 0) is 43.8 Å². The molecule has 0 radical (unpaired) electrons. The highest BCUT2D eigenvalue weighted by Gasteiger charge is 2.52.